The predicted molar refractivity (Wildman–Crippen MR) is 109 cm³/mol. The van der Waals surface area contributed by atoms with Crippen molar-refractivity contribution in [3.05, 3.63) is 64.1 Å². The summed E-state index contributed by atoms with van der Waals surface area (Å²) >= 11 is 3.38. The maximum absolute atomic E-state index is 12.3. The lowest BCUT2D eigenvalue weighted by molar-refractivity contribution is -0.123. The van der Waals surface area contributed by atoms with E-state index in [2.05, 4.69) is 57.3 Å². The van der Waals surface area contributed by atoms with Gasteiger partial charge >= 0.3 is 0 Å². The summed E-state index contributed by atoms with van der Waals surface area (Å²) in [4.78, 5) is 14.6. The van der Waals surface area contributed by atoms with Crippen molar-refractivity contribution in [1.82, 2.24) is 10.2 Å². The van der Waals surface area contributed by atoms with Gasteiger partial charge in [0.1, 0.15) is 5.75 Å². The summed E-state index contributed by atoms with van der Waals surface area (Å²) in [6.07, 6.45) is 0. The summed E-state index contributed by atoms with van der Waals surface area (Å²) in [5.74, 6) is 0.555. The van der Waals surface area contributed by atoms with Crippen LogP contribution < -0.4 is 10.1 Å². The zero-order valence-electron chi connectivity index (χ0n) is 15.5. The molecule has 3 rings (SSSR count). The SMILES string of the molecule is Cc1ccc([C@H](CNC(=O)COc2ccc(Br)cc2)N2CCOCC2)cc1. The van der Waals surface area contributed by atoms with Crippen LogP contribution in [-0.2, 0) is 9.53 Å². The summed E-state index contributed by atoms with van der Waals surface area (Å²) in [7, 11) is 0. The molecular formula is C21H25BrN2O3. The van der Waals surface area contributed by atoms with Crippen molar-refractivity contribution < 1.29 is 14.3 Å². The van der Waals surface area contributed by atoms with Crippen molar-refractivity contribution in [3.8, 4) is 5.75 Å². The van der Waals surface area contributed by atoms with E-state index < -0.39 is 0 Å². The number of ether oxygens (including phenoxy) is 2. The molecule has 1 fully saturated rings. The van der Waals surface area contributed by atoms with Crippen LogP contribution in [0.2, 0.25) is 0 Å². The normalized spacial score (nSPS) is 15.9. The molecule has 1 aliphatic heterocycles. The molecule has 1 N–H and O–H groups in total. The number of hydrogen-bond donors (Lipinski definition) is 1. The molecule has 0 bridgehead atoms. The third-order valence-corrected chi connectivity index (χ3v) is 5.15. The van der Waals surface area contributed by atoms with Crippen LogP contribution in [0, 0.1) is 6.92 Å². The molecule has 1 aliphatic rings. The first-order chi connectivity index (χ1) is 13.1. The summed E-state index contributed by atoms with van der Waals surface area (Å²) in [6, 6.07) is 16.1. The number of rotatable bonds is 7. The molecule has 0 spiro atoms. The van der Waals surface area contributed by atoms with Crippen molar-refractivity contribution in [2.24, 2.45) is 0 Å². The first kappa shape index (κ1) is 19.9. The summed E-state index contributed by atoms with van der Waals surface area (Å²) in [6.45, 7) is 5.81. The van der Waals surface area contributed by atoms with E-state index in [1.807, 2.05) is 24.3 Å². The van der Waals surface area contributed by atoms with Crippen molar-refractivity contribution >= 4 is 21.8 Å². The molecule has 0 radical (unpaired) electrons. The van der Waals surface area contributed by atoms with E-state index in [1.54, 1.807) is 0 Å². The molecule has 2 aromatic carbocycles. The van der Waals surface area contributed by atoms with Crippen LogP contribution >= 0.6 is 15.9 Å². The highest BCUT2D eigenvalue weighted by Crippen LogP contribution is 2.22. The molecule has 6 heteroatoms. The number of morpholine rings is 1. The first-order valence-electron chi connectivity index (χ1n) is 9.15. The van der Waals surface area contributed by atoms with E-state index in [9.17, 15) is 4.79 Å². The molecule has 1 amide bonds. The molecule has 0 saturated carbocycles. The Balaban J connectivity index is 1.57. The van der Waals surface area contributed by atoms with Gasteiger partial charge in [0.05, 0.1) is 19.3 Å². The highest BCUT2D eigenvalue weighted by molar-refractivity contribution is 9.10. The minimum absolute atomic E-state index is 0.00532. The summed E-state index contributed by atoms with van der Waals surface area (Å²) in [5.41, 5.74) is 2.43. The smallest absolute Gasteiger partial charge is 0.258 e. The van der Waals surface area contributed by atoms with Gasteiger partial charge in [-0.15, -0.1) is 0 Å². The fourth-order valence-electron chi connectivity index (χ4n) is 3.08. The number of aryl methyl sites for hydroxylation is 1. The maximum Gasteiger partial charge on any atom is 0.258 e. The van der Waals surface area contributed by atoms with Crippen LogP contribution in [0.5, 0.6) is 5.75 Å². The van der Waals surface area contributed by atoms with E-state index >= 15 is 0 Å². The molecule has 0 aromatic heterocycles. The van der Waals surface area contributed by atoms with Gasteiger partial charge in [-0.05, 0) is 36.8 Å². The Morgan fingerprint density at radius 1 is 1.15 bits per heavy atom. The van der Waals surface area contributed by atoms with E-state index in [4.69, 9.17) is 9.47 Å². The Kier molecular flexibility index (Phi) is 7.26. The lowest BCUT2D eigenvalue weighted by Gasteiger charge is -2.35. The van der Waals surface area contributed by atoms with Crippen LogP contribution in [0.3, 0.4) is 0 Å². The molecule has 27 heavy (non-hydrogen) atoms. The Hall–Kier alpha value is -1.89. The lowest BCUT2D eigenvalue weighted by Crippen LogP contribution is -2.44. The predicted octanol–water partition coefficient (Wildman–Crippen LogP) is 3.33. The highest BCUT2D eigenvalue weighted by atomic mass is 79.9. The van der Waals surface area contributed by atoms with E-state index in [0.717, 1.165) is 30.8 Å². The number of hydrogen-bond acceptors (Lipinski definition) is 4. The summed E-state index contributed by atoms with van der Waals surface area (Å²) in [5, 5.41) is 3.02. The number of amides is 1. The average Bonchev–Trinajstić information content (AvgIpc) is 2.70. The van der Waals surface area contributed by atoms with Gasteiger partial charge in [-0.25, -0.2) is 0 Å². The fourth-order valence-corrected chi connectivity index (χ4v) is 3.34. The quantitative estimate of drug-likeness (QED) is 0.728. The standard InChI is InChI=1S/C21H25BrN2O3/c1-16-2-4-17(5-3-16)20(24-10-12-26-13-11-24)14-23-21(25)15-27-19-8-6-18(22)7-9-19/h2-9,20H,10-15H2,1H3,(H,23,25)/t20-/m0/s1. The number of carbonyl (C=O) groups excluding carboxylic acids is 1. The monoisotopic (exact) mass is 432 g/mol. The van der Waals surface area contributed by atoms with Gasteiger partial charge in [0, 0.05) is 24.1 Å². The number of halogens is 1. The van der Waals surface area contributed by atoms with Gasteiger partial charge in [0.15, 0.2) is 6.61 Å². The van der Waals surface area contributed by atoms with Gasteiger partial charge in [-0.3, -0.25) is 9.69 Å². The number of carbonyl (C=O) groups is 1. The van der Waals surface area contributed by atoms with Crippen molar-refractivity contribution in [2.75, 3.05) is 39.5 Å². The Morgan fingerprint density at radius 3 is 2.48 bits per heavy atom. The van der Waals surface area contributed by atoms with Crippen LogP contribution in [0.1, 0.15) is 17.2 Å². The second kappa shape index (κ2) is 9.88. The molecule has 1 saturated heterocycles. The number of nitrogens with zero attached hydrogens (tertiary/aromatic N) is 1. The van der Waals surface area contributed by atoms with Crippen molar-refractivity contribution in [3.63, 3.8) is 0 Å². The third kappa shape index (κ3) is 6.06. The second-order valence-electron chi connectivity index (χ2n) is 6.62. The largest absolute Gasteiger partial charge is 0.484 e. The number of nitrogens with one attached hydrogen (secondary N) is 1. The first-order valence-corrected chi connectivity index (χ1v) is 9.94. The maximum atomic E-state index is 12.3. The third-order valence-electron chi connectivity index (χ3n) is 4.62. The summed E-state index contributed by atoms with van der Waals surface area (Å²) < 4.78 is 12.0. The van der Waals surface area contributed by atoms with Gasteiger partial charge in [0.25, 0.3) is 5.91 Å². The van der Waals surface area contributed by atoms with E-state index in [-0.39, 0.29) is 18.6 Å². The lowest BCUT2D eigenvalue weighted by atomic mass is 10.0. The minimum Gasteiger partial charge on any atom is -0.484 e. The van der Waals surface area contributed by atoms with Crippen molar-refractivity contribution in [2.45, 2.75) is 13.0 Å². The topological polar surface area (TPSA) is 50.8 Å². The van der Waals surface area contributed by atoms with Crippen LogP contribution in [0.15, 0.2) is 53.0 Å². The molecule has 5 nitrogen and oxygen atoms in total. The van der Waals surface area contributed by atoms with Crippen LogP contribution in [0.4, 0.5) is 0 Å². The van der Waals surface area contributed by atoms with Gasteiger partial charge in [-0.2, -0.15) is 0 Å². The molecule has 0 aliphatic carbocycles. The Morgan fingerprint density at radius 2 is 1.81 bits per heavy atom. The number of benzene rings is 2. The fraction of sp³-hybridized carbons (Fsp3) is 0.381. The highest BCUT2D eigenvalue weighted by Gasteiger charge is 2.23. The zero-order chi connectivity index (χ0) is 19.1. The second-order valence-corrected chi connectivity index (χ2v) is 7.54. The molecule has 1 heterocycles. The Labute approximate surface area is 168 Å². The van der Waals surface area contributed by atoms with Gasteiger partial charge in [-0.1, -0.05) is 45.8 Å². The molecule has 144 valence electrons. The van der Waals surface area contributed by atoms with Crippen molar-refractivity contribution in [1.29, 1.82) is 0 Å². The van der Waals surface area contributed by atoms with Gasteiger partial charge < -0.3 is 14.8 Å². The average molecular weight is 433 g/mol. The molecular weight excluding hydrogens is 408 g/mol. The molecule has 0 unspecified atom stereocenters. The van der Waals surface area contributed by atoms with Gasteiger partial charge in [0.2, 0.25) is 0 Å². The van der Waals surface area contributed by atoms with E-state index in [0.29, 0.717) is 12.3 Å². The van der Waals surface area contributed by atoms with Crippen LogP contribution in [0.25, 0.3) is 0 Å². The molecule has 2 aromatic rings. The zero-order valence-corrected chi connectivity index (χ0v) is 17.1. The Bertz CT molecular complexity index is 728. The molecule has 1 atom stereocenters. The van der Waals surface area contributed by atoms with Crippen LogP contribution in [-0.4, -0.2) is 50.3 Å². The van der Waals surface area contributed by atoms with E-state index in [1.165, 1.54) is 11.1 Å². The minimum atomic E-state index is -0.122.